The molecule has 0 aromatic carbocycles. The topological polar surface area (TPSA) is 17.1 Å². The standard InChI is InChI=1S/C4H7BO/c1-3(5)4(2)6/h3H,1-2H3. The Labute approximate surface area is 39.1 Å². The first kappa shape index (κ1) is 5.73. The van der Waals surface area contributed by atoms with E-state index in [1.54, 1.807) is 6.92 Å². The van der Waals surface area contributed by atoms with Crippen molar-refractivity contribution >= 4 is 13.6 Å². The zero-order valence-electron chi connectivity index (χ0n) is 4.06. The number of hydrogen-bond acceptors (Lipinski definition) is 1. The van der Waals surface area contributed by atoms with Crippen molar-refractivity contribution in [2.75, 3.05) is 0 Å². The monoisotopic (exact) mass is 82.1 g/mol. The first-order chi connectivity index (χ1) is 2.64. The molecule has 0 rings (SSSR count). The highest BCUT2D eigenvalue weighted by Crippen LogP contribution is 1.93. The van der Waals surface area contributed by atoms with Gasteiger partial charge in [0.15, 0.2) is 0 Å². The Morgan fingerprint density at radius 3 is 2.00 bits per heavy atom. The average molecular weight is 81.9 g/mol. The van der Waals surface area contributed by atoms with Crippen molar-refractivity contribution in [2.45, 2.75) is 19.7 Å². The lowest BCUT2D eigenvalue weighted by atomic mass is 9.87. The van der Waals surface area contributed by atoms with Crippen LogP contribution in [0.25, 0.3) is 0 Å². The number of carbonyl (C=O) groups excluding carboxylic acids is 1. The first-order valence-corrected chi connectivity index (χ1v) is 1.90. The largest absolute Gasteiger partial charge is 0.301 e. The fourth-order valence-corrected chi connectivity index (χ4v) is 0. The molecule has 0 aliphatic rings. The third kappa shape index (κ3) is 2.00. The number of carbonyl (C=O) groups is 1. The summed E-state index contributed by atoms with van der Waals surface area (Å²) < 4.78 is 0. The van der Waals surface area contributed by atoms with E-state index in [-0.39, 0.29) is 11.6 Å². The maximum Gasteiger partial charge on any atom is 0.124 e. The van der Waals surface area contributed by atoms with Crippen molar-refractivity contribution in [1.82, 2.24) is 0 Å². The Morgan fingerprint density at radius 2 is 2.00 bits per heavy atom. The van der Waals surface area contributed by atoms with E-state index >= 15 is 0 Å². The SMILES string of the molecule is [B]C(C)C(C)=O. The lowest BCUT2D eigenvalue weighted by molar-refractivity contribution is -0.116. The van der Waals surface area contributed by atoms with Crippen LogP contribution in [0.4, 0.5) is 0 Å². The molecule has 0 saturated carbocycles. The van der Waals surface area contributed by atoms with E-state index in [0.29, 0.717) is 0 Å². The van der Waals surface area contributed by atoms with Crippen molar-refractivity contribution in [3.05, 3.63) is 0 Å². The minimum atomic E-state index is -0.287. The van der Waals surface area contributed by atoms with Gasteiger partial charge in [-0.25, -0.2) is 0 Å². The summed E-state index contributed by atoms with van der Waals surface area (Å²) in [7, 11) is 5.09. The average Bonchev–Trinajstić information content (AvgIpc) is 1.36. The van der Waals surface area contributed by atoms with Gasteiger partial charge in [0.25, 0.3) is 0 Å². The van der Waals surface area contributed by atoms with E-state index in [4.69, 9.17) is 7.85 Å². The molecule has 0 spiro atoms. The molecule has 6 heavy (non-hydrogen) atoms. The minimum Gasteiger partial charge on any atom is -0.301 e. The molecule has 0 aliphatic heterocycles. The molecule has 1 atom stereocenters. The normalized spacial score (nSPS) is 13.7. The smallest absolute Gasteiger partial charge is 0.124 e. The molecule has 2 radical (unpaired) electrons. The highest BCUT2D eigenvalue weighted by Gasteiger charge is 1.94. The van der Waals surface area contributed by atoms with E-state index in [0.717, 1.165) is 0 Å². The summed E-state index contributed by atoms with van der Waals surface area (Å²) in [5.74, 6) is -0.250. The Balaban J connectivity index is 3.26. The second-order valence-electron chi connectivity index (χ2n) is 1.40. The maximum atomic E-state index is 10.0. The van der Waals surface area contributed by atoms with Crippen molar-refractivity contribution in [1.29, 1.82) is 0 Å². The van der Waals surface area contributed by atoms with Crippen LogP contribution in [0.15, 0.2) is 0 Å². The summed E-state index contributed by atoms with van der Waals surface area (Å²) in [6.45, 7) is 3.15. The van der Waals surface area contributed by atoms with E-state index in [1.165, 1.54) is 6.92 Å². The van der Waals surface area contributed by atoms with Gasteiger partial charge in [-0.15, -0.1) is 0 Å². The van der Waals surface area contributed by atoms with Crippen LogP contribution in [0.2, 0.25) is 5.82 Å². The fraction of sp³-hybridized carbons (Fsp3) is 0.750. The third-order valence-electron chi connectivity index (χ3n) is 0.641. The molecule has 2 heteroatoms. The zero-order valence-corrected chi connectivity index (χ0v) is 4.06. The van der Waals surface area contributed by atoms with Gasteiger partial charge >= 0.3 is 0 Å². The predicted octanol–water partition coefficient (Wildman–Crippen LogP) is 0.552. The second-order valence-corrected chi connectivity index (χ2v) is 1.40. The molecule has 32 valence electrons. The molecule has 1 nitrogen and oxygen atoms in total. The van der Waals surface area contributed by atoms with Crippen molar-refractivity contribution in [2.24, 2.45) is 0 Å². The number of Topliss-reactive ketones (excluding diaryl/α,β-unsaturated/α-hetero) is 1. The highest BCUT2D eigenvalue weighted by atomic mass is 16.1. The molecule has 0 aromatic heterocycles. The van der Waals surface area contributed by atoms with Crippen LogP contribution < -0.4 is 0 Å². The van der Waals surface area contributed by atoms with Gasteiger partial charge in [-0.1, -0.05) is 6.92 Å². The summed E-state index contributed by atoms with van der Waals surface area (Å²) in [5.41, 5.74) is 0. The molecular formula is C4H7BO. The van der Waals surface area contributed by atoms with Gasteiger partial charge in [0, 0.05) is 0 Å². The molecule has 0 aliphatic carbocycles. The molecule has 0 saturated heterocycles. The Kier molecular flexibility index (Phi) is 1.92. The molecule has 0 N–H and O–H groups in total. The second kappa shape index (κ2) is 2.01. The fourth-order valence-electron chi connectivity index (χ4n) is 0. The van der Waals surface area contributed by atoms with Crippen LogP contribution in [0, 0.1) is 0 Å². The predicted molar refractivity (Wildman–Crippen MR) is 25.9 cm³/mol. The van der Waals surface area contributed by atoms with Crippen molar-refractivity contribution in [3.8, 4) is 0 Å². The number of hydrogen-bond donors (Lipinski definition) is 0. The summed E-state index contributed by atoms with van der Waals surface area (Å²) in [5, 5.41) is 0. The maximum absolute atomic E-state index is 10.0. The molecule has 1 unspecified atom stereocenters. The molecule has 0 heterocycles. The van der Waals surface area contributed by atoms with E-state index in [2.05, 4.69) is 0 Å². The van der Waals surface area contributed by atoms with Crippen molar-refractivity contribution < 1.29 is 4.79 Å². The molecule has 0 amide bonds. The number of rotatable bonds is 1. The van der Waals surface area contributed by atoms with Gasteiger partial charge in [0.1, 0.15) is 5.78 Å². The van der Waals surface area contributed by atoms with Crippen LogP contribution in [0.5, 0.6) is 0 Å². The summed E-state index contributed by atoms with van der Waals surface area (Å²) in [6, 6.07) is 0. The van der Waals surface area contributed by atoms with Gasteiger partial charge < -0.3 is 4.79 Å². The van der Waals surface area contributed by atoms with Gasteiger partial charge in [0.2, 0.25) is 0 Å². The molecule has 0 aromatic rings. The van der Waals surface area contributed by atoms with Crippen LogP contribution in [-0.4, -0.2) is 13.6 Å². The molecule has 0 bridgehead atoms. The summed E-state index contributed by atoms with van der Waals surface area (Å²) in [6.07, 6.45) is 0. The van der Waals surface area contributed by atoms with E-state index < -0.39 is 0 Å². The van der Waals surface area contributed by atoms with Crippen LogP contribution in [-0.2, 0) is 4.79 Å². The van der Waals surface area contributed by atoms with E-state index in [9.17, 15) is 4.79 Å². The zero-order chi connectivity index (χ0) is 5.15. The van der Waals surface area contributed by atoms with Crippen molar-refractivity contribution in [3.63, 3.8) is 0 Å². The first-order valence-electron chi connectivity index (χ1n) is 1.90. The van der Waals surface area contributed by atoms with Gasteiger partial charge in [-0.3, -0.25) is 0 Å². The molecule has 0 fully saturated rings. The van der Waals surface area contributed by atoms with Gasteiger partial charge in [-0.2, -0.15) is 0 Å². The Morgan fingerprint density at radius 1 is 1.83 bits per heavy atom. The highest BCUT2D eigenvalue weighted by molar-refractivity contribution is 6.23. The van der Waals surface area contributed by atoms with Gasteiger partial charge in [0.05, 0.1) is 7.85 Å². The van der Waals surface area contributed by atoms with Crippen LogP contribution in [0.1, 0.15) is 13.8 Å². The summed E-state index contributed by atoms with van der Waals surface area (Å²) >= 11 is 0. The number of ketones is 1. The lowest BCUT2D eigenvalue weighted by Gasteiger charge is -1.91. The third-order valence-corrected chi connectivity index (χ3v) is 0.641. The minimum absolute atomic E-state index is 0.0370. The quantitative estimate of drug-likeness (QED) is 0.422. The Hall–Kier alpha value is -0.265. The molecular weight excluding hydrogens is 74.9 g/mol. The van der Waals surface area contributed by atoms with E-state index in [1.807, 2.05) is 0 Å². The lowest BCUT2D eigenvalue weighted by Crippen LogP contribution is -1.96. The van der Waals surface area contributed by atoms with Crippen LogP contribution >= 0.6 is 0 Å². The van der Waals surface area contributed by atoms with Gasteiger partial charge in [-0.05, 0) is 12.7 Å². The summed E-state index contributed by atoms with van der Waals surface area (Å²) in [4.78, 5) is 10.0. The van der Waals surface area contributed by atoms with Crippen LogP contribution in [0.3, 0.4) is 0 Å². The Bertz CT molecular complexity index is 58.6.